The molecule has 2 rings (SSSR count). The maximum Gasteiger partial charge on any atom is 0.321 e. The van der Waals surface area contributed by atoms with E-state index in [1.54, 1.807) is 7.11 Å². The van der Waals surface area contributed by atoms with E-state index in [0.29, 0.717) is 11.8 Å². The molecule has 1 aromatic carbocycles. The van der Waals surface area contributed by atoms with Crippen molar-refractivity contribution in [3.8, 4) is 23.1 Å². The summed E-state index contributed by atoms with van der Waals surface area (Å²) in [6, 6.07) is 4.31. The summed E-state index contributed by atoms with van der Waals surface area (Å²) in [4.78, 5) is 13.0. The smallest absolute Gasteiger partial charge is 0.321 e. The molecule has 21 heavy (non-hydrogen) atoms. The molecule has 0 aliphatic rings. The van der Waals surface area contributed by atoms with Crippen LogP contribution in [0.3, 0.4) is 0 Å². The van der Waals surface area contributed by atoms with Crippen molar-refractivity contribution in [2.75, 3.05) is 26.1 Å². The highest BCUT2D eigenvalue weighted by Gasteiger charge is 2.16. The van der Waals surface area contributed by atoms with Crippen LogP contribution in [-0.2, 0) is 0 Å². The molecule has 0 aliphatic heterocycles. The van der Waals surface area contributed by atoms with Crippen LogP contribution in [0, 0.1) is 13.8 Å². The predicted octanol–water partition coefficient (Wildman–Crippen LogP) is 2.60. The maximum atomic E-state index is 5.47. The normalized spacial score (nSPS) is 10.3. The number of nitrogens with one attached hydrogen (secondary N) is 1. The molecular formula is C15H20N4O2. The Labute approximate surface area is 124 Å². The fourth-order valence-corrected chi connectivity index (χ4v) is 2.17. The molecule has 112 valence electrons. The zero-order valence-electron chi connectivity index (χ0n) is 13.0. The van der Waals surface area contributed by atoms with Crippen molar-refractivity contribution < 1.29 is 9.47 Å². The Bertz CT molecular complexity index is 644. The molecule has 1 aromatic heterocycles. The predicted molar refractivity (Wildman–Crippen MR) is 82.0 cm³/mol. The van der Waals surface area contributed by atoms with Crippen molar-refractivity contribution in [1.29, 1.82) is 0 Å². The van der Waals surface area contributed by atoms with Crippen LogP contribution in [0.25, 0.3) is 11.4 Å². The zero-order chi connectivity index (χ0) is 15.4. The first-order chi connectivity index (χ1) is 10.1. The summed E-state index contributed by atoms with van der Waals surface area (Å²) < 4.78 is 10.6. The minimum absolute atomic E-state index is 0.276. The first-order valence-electron chi connectivity index (χ1n) is 6.78. The van der Waals surface area contributed by atoms with E-state index in [0.717, 1.165) is 29.0 Å². The van der Waals surface area contributed by atoms with E-state index in [9.17, 15) is 0 Å². The monoisotopic (exact) mass is 288 g/mol. The summed E-state index contributed by atoms with van der Waals surface area (Å²) in [7, 11) is 3.18. The summed E-state index contributed by atoms with van der Waals surface area (Å²) >= 11 is 0. The molecule has 0 atom stereocenters. The molecule has 0 bridgehead atoms. The van der Waals surface area contributed by atoms with Crippen molar-refractivity contribution in [2.45, 2.75) is 20.8 Å². The van der Waals surface area contributed by atoms with Gasteiger partial charge in [-0.15, -0.1) is 0 Å². The van der Waals surface area contributed by atoms with Gasteiger partial charge in [0.15, 0.2) is 5.82 Å². The largest absolute Gasteiger partial charge is 0.496 e. The lowest BCUT2D eigenvalue weighted by atomic mass is 10.0. The molecule has 1 N–H and O–H groups in total. The summed E-state index contributed by atoms with van der Waals surface area (Å²) in [5.41, 5.74) is 3.02. The van der Waals surface area contributed by atoms with Crippen molar-refractivity contribution in [1.82, 2.24) is 15.0 Å². The number of anilines is 1. The lowest BCUT2D eigenvalue weighted by Gasteiger charge is -2.13. The Hall–Kier alpha value is -2.37. The molecule has 0 spiro atoms. The average Bonchev–Trinajstić information content (AvgIpc) is 2.46. The van der Waals surface area contributed by atoms with Crippen LogP contribution in [0.1, 0.15) is 18.1 Å². The van der Waals surface area contributed by atoms with Gasteiger partial charge in [-0.3, -0.25) is 0 Å². The number of aryl methyl sites for hydroxylation is 2. The van der Waals surface area contributed by atoms with E-state index in [-0.39, 0.29) is 6.01 Å². The molecule has 0 saturated carbocycles. The Balaban J connectivity index is 2.63. The summed E-state index contributed by atoms with van der Waals surface area (Å²) in [6.07, 6.45) is 0. The van der Waals surface area contributed by atoms with Crippen LogP contribution >= 0.6 is 0 Å². The molecule has 6 heteroatoms. The van der Waals surface area contributed by atoms with E-state index < -0.39 is 0 Å². The zero-order valence-corrected chi connectivity index (χ0v) is 13.0. The number of rotatable bonds is 5. The summed E-state index contributed by atoms with van der Waals surface area (Å²) in [5, 5.41) is 3.08. The number of methoxy groups -OCH3 is 2. The number of nitrogens with zero attached hydrogens (tertiary/aromatic N) is 3. The van der Waals surface area contributed by atoms with E-state index >= 15 is 0 Å². The van der Waals surface area contributed by atoms with Gasteiger partial charge < -0.3 is 14.8 Å². The van der Waals surface area contributed by atoms with Crippen LogP contribution in [0.15, 0.2) is 12.1 Å². The third-order valence-corrected chi connectivity index (χ3v) is 3.02. The number of aromatic nitrogens is 3. The highest BCUT2D eigenvalue weighted by atomic mass is 16.5. The van der Waals surface area contributed by atoms with Gasteiger partial charge in [0.05, 0.1) is 19.8 Å². The van der Waals surface area contributed by atoms with Gasteiger partial charge in [0.25, 0.3) is 0 Å². The van der Waals surface area contributed by atoms with Crippen molar-refractivity contribution >= 4 is 5.95 Å². The van der Waals surface area contributed by atoms with Gasteiger partial charge in [0, 0.05) is 6.54 Å². The third-order valence-electron chi connectivity index (χ3n) is 3.02. The number of hydrogen-bond donors (Lipinski definition) is 1. The molecule has 6 nitrogen and oxygen atoms in total. The Morgan fingerprint density at radius 3 is 2.43 bits per heavy atom. The highest BCUT2D eigenvalue weighted by molar-refractivity contribution is 5.70. The second-order valence-corrected chi connectivity index (χ2v) is 4.66. The van der Waals surface area contributed by atoms with E-state index in [4.69, 9.17) is 9.47 Å². The molecule has 1 heterocycles. The molecule has 0 radical (unpaired) electrons. The van der Waals surface area contributed by atoms with Crippen LogP contribution in [0.2, 0.25) is 0 Å². The average molecular weight is 288 g/mol. The first kappa shape index (κ1) is 15.0. The Kier molecular flexibility index (Phi) is 4.57. The van der Waals surface area contributed by atoms with Gasteiger partial charge in [-0.2, -0.15) is 15.0 Å². The van der Waals surface area contributed by atoms with Crippen molar-refractivity contribution in [3.05, 3.63) is 23.3 Å². The number of hydrogen-bond acceptors (Lipinski definition) is 6. The summed E-state index contributed by atoms with van der Waals surface area (Å²) in [5.74, 6) is 1.76. The molecule has 0 unspecified atom stereocenters. The van der Waals surface area contributed by atoms with Gasteiger partial charge in [0.2, 0.25) is 5.95 Å². The lowest BCUT2D eigenvalue weighted by Crippen LogP contribution is -2.07. The van der Waals surface area contributed by atoms with Crippen LogP contribution in [0.4, 0.5) is 5.95 Å². The van der Waals surface area contributed by atoms with Gasteiger partial charge in [0.1, 0.15) is 5.75 Å². The van der Waals surface area contributed by atoms with E-state index in [2.05, 4.69) is 26.3 Å². The third kappa shape index (κ3) is 3.21. The molecule has 0 saturated heterocycles. The topological polar surface area (TPSA) is 69.2 Å². The molecule has 0 fully saturated rings. The Morgan fingerprint density at radius 1 is 1.05 bits per heavy atom. The maximum absolute atomic E-state index is 5.47. The highest BCUT2D eigenvalue weighted by Crippen LogP contribution is 2.33. The molecular weight excluding hydrogens is 268 g/mol. The molecule has 2 aromatic rings. The fourth-order valence-electron chi connectivity index (χ4n) is 2.17. The Morgan fingerprint density at radius 2 is 1.81 bits per heavy atom. The fraction of sp³-hybridized carbons (Fsp3) is 0.400. The van der Waals surface area contributed by atoms with Crippen LogP contribution < -0.4 is 14.8 Å². The number of ether oxygens (including phenoxy) is 2. The van der Waals surface area contributed by atoms with Crippen LogP contribution in [0.5, 0.6) is 11.8 Å². The van der Waals surface area contributed by atoms with Crippen LogP contribution in [-0.4, -0.2) is 35.7 Å². The first-order valence-corrected chi connectivity index (χ1v) is 6.78. The standard InChI is InChI=1S/C15H20N4O2/c1-6-16-14-17-13(18-15(19-14)21-5)12-10(3)7-9(2)8-11(12)20-4/h7-8H,6H2,1-5H3,(H,16,17,18,19). The number of benzene rings is 1. The van der Waals surface area contributed by atoms with Gasteiger partial charge in [-0.25, -0.2) is 0 Å². The van der Waals surface area contributed by atoms with Gasteiger partial charge in [-0.1, -0.05) is 6.07 Å². The second-order valence-electron chi connectivity index (χ2n) is 4.66. The van der Waals surface area contributed by atoms with E-state index in [1.807, 2.05) is 26.8 Å². The molecule has 0 amide bonds. The van der Waals surface area contributed by atoms with Gasteiger partial charge in [-0.05, 0) is 38.0 Å². The molecule has 0 aliphatic carbocycles. The quantitative estimate of drug-likeness (QED) is 0.912. The lowest BCUT2D eigenvalue weighted by molar-refractivity contribution is 0.379. The SMILES string of the molecule is CCNc1nc(OC)nc(-c2c(C)cc(C)cc2OC)n1. The summed E-state index contributed by atoms with van der Waals surface area (Å²) in [6.45, 7) is 6.73. The second kappa shape index (κ2) is 6.39. The van der Waals surface area contributed by atoms with Crippen molar-refractivity contribution in [3.63, 3.8) is 0 Å². The minimum Gasteiger partial charge on any atom is -0.496 e. The van der Waals surface area contributed by atoms with E-state index in [1.165, 1.54) is 7.11 Å². The van der Waals surface area contributed by atoms with Crippen molar-refractivity contribution in [2.24, 2.45) is 0 Å². The minimum atomic E-state index is 0.276. The van der Waals surface area contributed by atoms with Gasteiger partial charge >= 0.3 is 6.01 Å².